The molecule has 0 radical (unpaired) electrons. The van der Waals surface area contributed by atoms with Gasteiger partial charge in [0.1, 0.15) is 51.7 Å². The highest BCUT2D eigenvalue weighted by atomic mass is 16.3. The Hall–Kier alpha value is -11.9. The van der Waals surface area contributed by atoms with E-state index in [2.05, 4.69) is 191 Å². The summed E-state index contributed by atoms with van der Waals surface area (Å²) in [5.41, 5.74) is 10.5. The minimum Gasteiger partial charge on any atom is -0.508 e. The first-order valence-electron chi connectivity index (χ1n) is 39.9. The Morgan fingerprint density at radius 1 is 0.175 bits per heavy atom. The quantitative estimate of drug-likeness (QED) is 0.0679. The summed E-state index contributed by atoms with van der Waals surface area (Å²) in [5.74, 6) is 7.37. The van der Waals surface area contributed by atoms with Gasteiger partial charge >= 0.3 is 0 Å². The van der Waals surface area contributed by atoms with Crippen LogP contribution < -0.4 is 0 Å². The topological polar surface area (TPSA) is 182 Å². The van der Waals surface area contributed by atoms with Gasteiger partial charge in [-0.15, -0.1) is 0 Å². The summed E-state index contributed by atoms with van der Waals surface area (Å²) >= 11 is 0. The normalized spacial score (nSPS) is 10.9. The number of rotatable bonds is 9. The highest BCUT2D eigenvalue weighted by molar-refractivity contribution is 5.93. The zero-order valence-corrected chi connectivity index (χ0v) is 69.9. The summed E-state index contributed by atoms with van der Waals surface area (Å²) < 4.78 is 0. The molecule has 0 unspecified atom stereocenters. The van der Waals surface area contributed by atoms with Gasteiger partial charge in [0.15, 0.2) is 0 Å². The number of hydrogen-bond acceptors (Lipinski definition) is 9. The SMILES string of the molecule is CC(C)c1c(O)ccc2ccccc12.CC(C)c1cc(O)cc2ccccc12.CC(C)c1ccc(O)cc1.CC(C)c1ccc2cccc(O)c2c1.CC(C)c1ccc2ccccc2c1O.CC(C)c1cccc(O)c1.CC(C)c1cccc2ccc(O)cc12.CC(C)c1cccc2cccc(O)c12.CC(C)c1ccccc1O. The van der Waals surface area contributed by atoms with E-state index in [4.69, 9.17) is 10.2 Å². The molecule has 0 aliphatic rings. The van der Waals surface area contributed by atoms with E-state index >= 15 is 0 Å². The second kappa shape index (κ2) is 43.2. The molecule has 114 heavy (non-hydrogen) atoms. The molecule has 0 aromatic heterocycles. The number of fused-ring (bicyclic) bond motifs is 6. The lowest BCUT2D eigenvalue weighted by molar-refractivity contribution is 0.464. The van der Waals surface area contributed by atoms with Crippen LogP contribution in [-0.4, -0.2) is 46.0 Å². The third-order valence-electron chi connectivity index (χ3n) is 19.8. The van der Waals surface area contributed by atoms with Gasteiger partial charge in [-0.25, -0.2) is 0 Å². The van der Waals surface area contributed by atoms with Crippen LogP contribution in [0.4, 0.5) is 0 Å². The lowest BCUT2D eigenvalue weighted by Crippen LogP contribution is -1.90. The van der Waals surface area contributed by atoms with E-state index in [1.54, 1.807) is 60.7 Å². The Bertz CT molecular complexity index is 5470. The van der Waals surface area contributed by atoms with Crippen LogP contribution in [0.3, 0.4) is 0 Å². The van der Waals surface area contributed by atoms with E-state index in [-0.39, 0.29) is 0 Å². The smallest absolute Gasteiger partial charge is 0.126 e. The van der Waals surface area contributed by atoms with Crippen molar-refractivity contribution in [3.05, 3.63) is 341 Å². The minimum atomic E-state index is 0.337. The Kier molecular flexibility index (Phi) is 33.8. The number of phenols is 9. The van der Waals surface area contributed by atoms with Crippen molar-refractivity contribution < 1.29 is 46.0 Å². The van der Waals surface area contributed by atoms with E-state index in [0.717, 1.165) is 65.2 Å². The standard InChI is InChI=1S/6C13H14O.3C9H12O/c1-9(2)11-7-3-5-10-6-4-8-12(14)13(10)11;1-9(2)12-5-3-4-10-6-7-11(14)8-13(10)12;1-9(2)11-7-6-10-4-3-5-13(14)12(10)8-11;1-9(2)13-8-11(14)7-10-5-3-4-6-12(10)13;1-9(2)11-8-7-10-5-3-4-6-12(10)13(11)14;1-9(2)13-11-6-4-3-5-10(11)7-8-12(13)14;1-7(2)8-3-5-9(10)6-4-8;1-7(2)8-4-3-5-9(10)6-8;1-7(2)8-5-3-4-6-9(8)10/h6*3-9,14H,1-2H3;3*3-7,10H,1-2H3. The molecule has 15 aromatic rings. The van der Waals surface area contributed by atoms with Gasteiger partial charge in [0.05, 0.1) is 0 Å². The fraction of sp³-hybridized carbons (Fsp3) is 0.257. The van der Waals surface area contributed by atoms with Crippen LogP contribution in [0.15, 0.2) is 291 Å². The first-order chi connectivity index (χ1) is 54.3. The van der Waals surface area contributed by atoms with Crippen molar-refractivity contribution >= 4 is 64.6 Å². The molecule has 0 fully saturated rings. The average molecular weight is 1530 g/mol. The molecule has 9 heteroatoms. The first-order valence-corrected chi connectivity index (χ1v) is 39.9. The van der Waals surface area contributed by atoms with Crippen molar-refractivity contribution in [2.24, 2.45) is 0 Å². The molecule has 9 nitrogen and oxygen atoms in total. The number of phenolic OH excluding ortho intramolecular Hbond substituents is 9. The molecule has 594 valence electrons. The van der Waals surface area contributed by atoms with Crippen LogP contribution in [0.2, 0.25) is 0 Å². The zero-order valence-electron chi connectivity index (χ0n) is 69.9. The molecule has 0 heterocycles. The molecule has 0 amide bonds. The average Bonchev–Trinajstić information content (AvgIpc) is 1.11. The molecule has 0 saturated carbocycles. The van der Waals surface area contributed by atoms with E-state index in [0.29, 0.717) is 105 Å². The van der Waals surface area contributed by atoms with Crippen LogP contribution in [-0.2, 0) is 0 Å². The number of para-hydroxylation sites is 1. The van der Waals surface area contributed by atoms with Gasteiger partial charge in [-0.3, -0.25) is 0 Å². The lowest BCUT2D eigenvalue weighted by atomic mass is 9.95. The number of hydrogen-bond donors (Lipinski definition) is 9. The van der Waals surface area contributed by atoms with E-state index < -0.39 is 0 Å². The van der Waals surface area contributed by atoms with Crippen LogP contribution in [0, 0.1) is 0 Å². The zero-order chi connectivity index (χ0) is 83.5. The van der Waals surface area contributed by atoms with Gasteiger partial charge < -0.3 is 46.0 Å². The second-order valence-electron chi connectivity index (χ2n) is 31.6. The van der Waals surface area contributed by atoms with Gasteiger partial charge in [-0.1, -0.05) is 337 Å². The van der Waals surface area contributed by atoms with Crippen molar-refractivity contribution in [1.82, 2.24) is 0 Å². The monoisotopic (exact) mass is 1520 g/mol. The molecule has 0 bridgehead atoms. The Balaban J connectivity index is 0.000000178. The number of aromatic hydroxyl groups is 9. The van der Waals surface area contributed by atoms with Crippen molar-refractivity contribution in [1.29, 1.82) is 0 Å². The predicted octanol–water partition coefficient (Wildman–Crippen LogP) is 29.6. The van der Waals surface area contributed by atoms with Gasteiger partial charge in [0, 0.05) is 21.7 Å². The second-order valence-corrected chi connectivity index (χ2v) is 31.6. The van der Waals surface area contributed by atoms with Crippen molar-refractivity contribution in [2.75, 3.05) is 0 Å². The summed E-state index contributed by atoms with van der Waals surface area (Å²) in [7, 11) is 0. The highest BCUT2D eigenvalue weighted by Crippen LogP contribution is 2.37. The summed E-state index contributed by atoms with van der Waals surface area (Å²) in [4.78, 5) is 0. The van der Waals surface area contributed by atoms with Crippen LogP contribution in [0.5, 0.6) is 51.7 Å². The van der Waals surface area contributed by atoms with Crippen LogP contribution in [0.25, 0.3) is 64.6 Å². The summed E-state index contributed by atoms with van der Waals surface area (Å²) in [6.45, 7) is 38.2. The van der Waals surface area contributed by atoms with Crippen LogP contribution >= 0.6 is 0 Å². The fourth-order valence-corrected chi connectivity index (χ4v) is 13.4. The molecule has 0 spiro atoms. The van der Waals surface area contributed by atoms with Crippen molar-refractivity contribution in [2.45, 2.75) is 178 Å². The molecular weight excluding hydrogens is 1410 g/mol. The van der Waals surface area contributed by atoms with Crippen molar-refractivity contribution in [3.8, 4) is 51.7 Å². The molecule has 15 rings (SSSR count). The molecule has 0 aliphatic heterocycles. The Labute approximate surface area is 677 Å². The van der Waals surface area contributed by atoms with Gasteiger partial charge in [0.2, 0.25) is 0 Å². The maximum Gasteiger partial charge on any atom is 0.126 e. The Morgan fingerprint density at radius 2 is 0.579 bits per heavy atom. The fourth-order valence-electron chi connectivity index (χ4n) is 13.4. The maximum absolute atomic E-state index is 10.0. The third kappa shape index (κ3) is 25.5. The molecule has 0 aliphatic carbocycles. The van der Waals surface area contributed by atoms with Crippen LogP contribution in [0.1, 0.15) is 228 Å². The molecule has 0 atom stereocenters. The van der Waals surface area contributed by atoms with E-state index in [9.17, 15) is 35.7 Å². The van der Waals surface area contributed by atoms with E-state index in [1.165, 1.54) is 49.5 Å². The lowest BCUT2D eigenvalue weighted by Gasteiger charge is -2.11. The van der Waals surface area contributed by atoms with E-state index in [1.807, 2.05) is 164 Å². The number of benzene rings is 15. The molecule has 15 aromatic carbocycles. The first kappa shape index (κ1) is 89.3. The van der Waals surface area contributed by atoms with Gasteiger partial charge in [-0.05, 0) is 225 Å². The van der Waals surface area contributed by atoms with Gasteiger partial charge in [-0.2, -0.15) is 0 Å². The molecular formula is C105H120O9. The molecule has 0 saturated heterocycles. The van der Waals surface area contributed by atoms with Gasteiger partial charge in [0.25, 0.3) is 0 Å². The summed E-state index contributed by atoms with van der Waals surface area (Å²) in [6.07, 6.45) is 0. The molecule has 9 N–H and O–H groups in total. The summed E-state index contributed by atoms with van der Waals surface area (Å²) in [5, 5.41) is 98.8. The Morgan fingerprint density at radius 3 is 1.13 bits per heavy atom. The third-order valence-corrected chi connectivity index (χ3v) is 19.8. The maximum atomic E-state index is 10.0. The summed E-state index contributed by atoms with van der Waals surface area (Å²) in [6, 6.07) is 93.2. The largest absolute Gasteiger partial charge is 0.508 e. The minimum absolute atomic E-state index is 0.337. The predicted molar refractivity (Wildman–Crippen MR) is 485 cm³/mol. The van der Waals surface area contributed by atoms with Crippen molar-refractivity contribution in [3.63, 3.8) is 0 Å². The highest BCUT2D eigenvalue weighted by Gasteiger charge is 2.14.